The molecule has 2 aliphatic heterocycles. The Morgan fingerprint density at radius 1 is 0.955 bits per heavy atom. The molecule has 0 atom stereocenters. The van der Waals surface area contributed by atoms with Gasteiger partial charge < -0.3 is 23.9 Å². The van der Waals surface area contributed by atoms with Crippen LogP contribution in [0.1, 0.15) is 16.1 Å². The molecule has 2 aliphatic rings. The second kappa shape index (κ2) is 6.39. The molecule has 7 nitrogen and oxygen atoms in total. The van der Waals surface area contributed by atoms with Crippen molar-refractivity contribution in [2.75, 3.05) is 52.5 Å². The number of piperazine rings is 1. The number of ether oxygens (including phenoxy) is 1. The quantitative estimate of drug-likeness (QED) is 0.770. The summed E-state index contributed by atoms with van der Waals surface area (Å²) in [6.07, 6.45) is 1.53. The fraction of sp³-hybridized carbons (Fsp3) is 0.600. The topological polar surface area (TPSA) is 66.2 Å². The molecule has 0 radical (unpaired) electrons. The summed E-state index contributed by atoms with van der Waals surface area (Å²) in [4.78, 5) is 30.2. The number of aryl methyl sites for hydroxylation is 1. The SMILES string of the molecule is Cc1occc1C(=O)N1CCN(C(=O)N2CCOCC2)CC1. The molecule has 3 heterocycles. The first kappa shape index (κ1) is 14.9. The standard InChI is InChI=1S/C15H21N3O4/c1-12-13(2-9-22-12)14(19)16-3-5-17(6-4-16)15(20)18-7-10-21-11-8-18/h2,9H,3-8,10-11H2,1H3. The lowest BCUT2D eigenvalue weighted by atomic mass is 10.2. The molecule has 0 bridgehead atoms. The predicted molar refractivity (Wildman–Crippen MR) is 78.7 cm³/mol. The van der Waals surface area contributed by atoms with Crippen molar-refractivity contribution in [3.63, 3.8) is 0 Å². The zero-order valence-corrected chi connectivity index (χ0v) is 12.8. The molecule has 0 N–H and O–H groups in total. The number of carbonyl (C=O) groups is 2. The summed E-state index contributed by atoms with van der Waals surface area (Å²) in [6, 6.07) is 1.75. The van der Waals surface area contributed by atoms with Gasteiger partial charge in [-0.1, -0.05) is 0 Å². The van der Waals surface area contributed by atoms with E-state index in [0.29, 0.717) is 63.8 Å². The first-order valence-corrected chi connectivity index (χ1v) is 7.62. The second-order valence-corrected chi connectivity index (χ2v) is 5.55. The zero-order chi connectivity index (χ0) is 15.5. The zero-order valence-electron chi connectivity index (χ0n) is 12.8. The highest BCUT2D eigenvalue weighted by molar-refractivity contribution is 5.95. The van der Waals surface area contributed by atoms with E-state index in [9.17, 15) is 9.59 Å². The number of morpholine rings is 1. The van der Waals surface area contributed by atoms with Gasteiger partial charge in [0.25, 0.3) is 5.91 Å². The van der Waals surface area contributed by atoms with Crippen LogP contribution in [0.5, 0.6) is 0 Å². The van der Waals surface area contributed by atoms with Gasteiger partial charge in [0.15, 0.2) is 0 Å². The molecule has 0 aliphatic carbocycles. The van der Waals surface area contributed by atoms with Crippen molar-refractivity contribution in [3.05, 3.63) is 23.7 Å². The van der Waals surface area contributed by atoms with E-state index in [2.05, 4.69) is 0 Å². The first-order valence-electron chi connectivity index (χ1n) is 7.62. The van der Waals surface area contributed by atoms with Crippen LogP contribution in [0.15, 0.2) is 16.7 Å². The van der Waals surface area contributed by atoms with Gasteiger partial charge in [-0.3, -0.25) is 4.79 Å². The van der Waals surface area contributed by atoms with Crippen molar-refractivity contribution in [2.45, 2.75) is 6.92 Å². The Morgan fingerprint density at radius 3 is 2.14 bits per heavy atom. The molecule has 2 saturated heterocycles. The third-order valence-electron chi connectivity index (χ3n) is 4.21. The lowest BCUT2D eigenvalue weighted by Crippen LogP contribution is -2.55. The van der Waals surface area contributed by atoms with Gasteiger partial charge in [0.1, 0.15) is 5.76 Å². The molecule has 3 rings (SSSR count). The van der Waals surface area contributed by atoms with Crippen molar-refractivity contribution in [3.8, 4) is 0 Å². The predicted octanol–water partition coefficient (Wildman–Crippen LogP) is 0.798. The smallest absolute Gasteiger partial charge is 0.320 e. The Labute approximate surface area is 129 Å². The van der Waals surface area contributed by atoms with Crippen molar-refractivity contribution >= 4 is 11.9 Å². The lowest BCUT2D eigenvalue weighted by molar-refractivity contribution is 0.0362. The number of urea groups is 1. The Bertz CT molecular complexity index is 543. The van der Waals surface area contributed by atoms with Gasteiger partial charge in [0.2, 0.25) is 0 Å². The molecule has 3 amide bonds. The number of furan rings is 1. The summed E-state index contributed by atoms with van der Waals surface area (Å²) in [6.45, 7) is 6.52. The summed E-state index contributed by atoms with van der Waals surface area (Å²) in [5, 5.41) is 0. The highest BCUT2D eigenvalue weighted by Crippen LogP contribution is 2.14. The fourth-order valence-electron chi connectivity index (χ4n) is 2.83. The minimum atomic E-state index is -0.0234. The molecule has 0 aromatic carbocycles. The Kier molecular flexibility index (Phi) is 4.33. The van der Waals surface area contributed by atoms with Crippen molar-refractivity contribution in [1.29, 1.82) is 0 Å². The van der Waals surface area contributed by atoms with E-state index in [0.717, 1.165) is 0 Å². The number of amides is 3. The third-order valence-corrected chi connectivity index (χ3v) is 4.21. The minimum Gasteiger partial charge on any atom is -0.469 e. The summed E-state index contributed by atoms with van der Waals surface area (Å²) in [7, 11) is 0. The van der Waals surface area contributed by atoms with E-state index in [1.54, 1.807) is 17.9 Å². The van der Waals surface area contributed by atoms with Gasteiger partial charge in [-0.25, -0.2) is 4.79 Å². The molecule has 1 aromatic heterocycles. The maximum atomic E-state index is 12.4. The first-order chi connectivity index (χ1) is 10.7. The van der Waals surface area contributed by atoms with Crippen LogP contribution in [-0.4, -0.2) is 79.1 Å². The summed E-state index contributed by atoms with van der Waals surface area (Å²) < 4.78 is 10.4. The lowest BCUT2D eigenvalue weighted by Gasteiger charge is -2.38. The maximum absolute atomic E-state index is 12.4. The molecule has 1 aromatic rings. The molecule has 0 spiro atoms. The monoisotopic (exact) mass is 307 g/mol. The molecular weight excluding hydrogens is 286 g/mol. The number of hydrogen-bond acceptors (Lipinski definition) is 4. The van der Waals surface area contributed by atoms with Gasteiger partial charge in [0, 0.05) is 39.3 Å². The van der Waals surface area contributed by atoms with Crippen LogP contribution in [0.3, 0.4) is 0 Å². The van der Waals surface area contributed by atoms with E-state index in [4.69, 9.17) is 9.15 Å². The van der Waals surface area contributed by atoms with Crippen LogP contribution in [-0.2, 0) is 4.74 Å². The van der Waals surface area contributed by atoms with E-state index in [-0.39, 0.29) is 11.9 Å². The highest BCUT2D eigenvalue weighted by atomic mass is 16.5. The minimum absolute atomic E-state index is 0.0234. The molecular formula is C15H21N3O4. The van der Waals surface area contributed by atoms with E-state index < -0.39 is 0 Å². The van der Waals surface area contributed by atoms with Crippen molar-refractivity contribution < 1.29 is 18.7 Å². The molecule has 7 heteroatoms. The average Bonchev–Trinajstić information content (AvgIpc) is 3.00. The van der Waals surface area contributed by atoms with Crippen LogP contribution < -0.4 is 0 Å². The van der Waals surface area contributed by atoms with E-state index in [1.165, 1.54) is 6.26 Å². The van der Waals surface area contributed by atoms with E-state index >= 15 is 0 Å². The maximum Gasteiger partial charge on any atom is 0.320 e. The largest absolute Gasteiger partial charge is 0.469 e. The summed E-state index contributed by atoms with van der Waals surface area (Å²) >= 11 is 0. The van der Waals surface area contributed by atoms with Crippen LogP contribution >= 0.6 is 0 Å². The van der Waals surface area contributed by atoms with Crippen molar-refractivity contribution in [1.82, 2.24) is 14.7 Å². The molecule has 0 unspecified atom stereocenters. The van der Waals surface area contributed by atoms with Gasteiger partial charge in [-0.05, 0) is 13.0 Å². The Hall–Kier alpha value is -2.02. The molecule has 120 valence electrons. The van der Waals surface area contributed by atoms with Crippen LogP contribution in [0.4, 0.5) is 4.79 Å². The molecule has 2 fully saturated rings. The Morgan fingerprint density at radius 2 is 1.55 bits per heavy atom. The number of hydrogen-bond donors (Lipinski definition) is 0. The van der Waals surface area contributed by atoms with Gasteiger partial charge in [-0.2, -0.15) is 0 Å². The average molecular weight is 307 g/mol. The normalized spacial score (nSPS) is 19.4. The van der Waals surface area contributed by atoms with Gasteiger partial charge in [-0.15, -0.1) is 0 Å². The third kappa shape index (κ3) is 2.94. The summed E-state index contributed by atoms with van der Waals surface area (Å²) in [5.74, 6) is 0.613. The van der Waals surface area contributed by atoms with Crippen LogP contribution in [0.2, 0.25) is 0 Å². The Balaban J connectivity index is 1.55. The summed E-state index contributed by atoms with van der Waals surface area (Å²) in [5.41, 5.74) is 0.605. The van der Waals surface area contributed by atoms with Crippen molar-refractivity contribution in [2.24, 2.45) is 0 Å². The number of carbonyl (C=O) groups excluding carboxylic acids is 2. The second-order valence-electron chi connectivity index (χ2n) is 5.55. The molecule has 22 heavy (non-hydrogen) atoms. The van der Waals surface area contributed by atoms with Crippen LogP contribution in [0.25, 0.3) is 0 Å². The fourth-order valence-corrected chi connectivity index (χ4v) is 2.83. The number of rotatable bonds is 1. The van der Waals surface area contributed by atoms with Crippen LogP contribution in [0, 0.1) is 6.92 Å². The molecule has 0 saturated carbocycles. The van der Waals surface area contributed by atoms with E-state index in [1.807, 2.05) is 9.80 Å². The van der Waals surface area contributed by atoms with Gasteiger partial charge in [0.05, 0.1) is 25.0 Å². The number of nitrogens with zero attached hydrogens (tertiary/aromatic N) is 3. The van der Waals surface area contributed by atoms with Gasteiger partial charge >= 0.3 is 6.03 Å². The highest BCUT2D eigenvalue weighted by Gasteiger charge is 2.29.